The van der Waals surface area contributed by atoms with E-state index in [0.29, 0.717) is 6.42 Å². The van der Waals surface area contributed by atoms with Crippen LogP contribution in [0.4, 0.5) is 0 Å². The van der Waals surface area contributed by atoms with Crippen LogP contribution in [0.1, 0.15) is 328 Å². The molecule has 0 aliphatic rings. The molecule has 2 unspecified atom stereocenters. The number of unbranched alkanes of at least 4 members (excludes halogenated alkanes) is 44. The Kier molecular flexibility index (Phi) is 55.7. The molecule has 3 N–H and O–H groups in total. The second kappa shape index (κ2) is 56.9. The maximum atomic E-state index is 12.5. The molecule has 4 nitrogen and oxygen atoms in total. The fraction of sp³-hybridized carbons (Fsp3) is 0.885. The van der Waals surface area contributed by atoms with E-state index >= 15 is 0 Å². The van der Waals surface area contributed by atoms with Crippen molar-refractivity contribution in [3.63, 3.8) is 0 Å². The van der Waals surface area contributed by atoms with Crippen molar-refractivity contribution in [2.45, 2.75) is 341 Å². The minimum Gasteiger partial charge on any atom is -0.394 e. The molecule has 0 aromatic carbocycles. The van der Waals surface area contributed by atoms with E-state index in [1.54, 1.807) is 6.08 Å². The smallest absolute Gasteiger partial charge is 0.220 e. The largest absolute Gasteiger partial charge is 0.394 e. The first-order chi connectivity index (χ1) is 32.2. The number of amides is 1. The fourth-order valence-electron chi connectivity index (χ4n) is 9.33. The van der Waals surface area contributed by atoms with Crippen molar-refractivity contribution in [3.05, 3.63) is 36.5 Å². The summed E-state index contributed by atoms with van der Waals surface area (Å²) in [7, 11) is 0. The number of allylic oxidation sites excluding steroid dienone is 5. The van der Waals surface area contributed by atoms with Crippen LogP contribution in [0.5, 0.6) is 0 Å². The number of rotatable bonds is 55. The molecule has 0 bridgehead atoms. The molecule has 0 fully saturated rings. The molecule has 0 saturated heterocycles. The van der Waals surface area contributed by atoms with Crippen molar-refractivity contribution in [1.82, 2.24) is 5.32 Å². The average Bonchev–Trinajstić information content (AvgIpc) is 3.31. The first-order valence-electron chi connectivity index (χ1n) is 29.7. The molecule has 0 aromatic rings. The predicted octanol–water partition coefficient (Wildman–Crippen LogP) is 19.6. The van der Waals surface area contributed by atoms with Gasteiger partial charge in [-0.25, -0.2) is 0 Å². The Morgan fingerprint density at radius 1 is 0.354 bits per heavy atom. The third kappa shape index (κ3) is 53.4. The van der Waals surface area contributed by atoms with E-state index < -0.39 is 12.1 Å². The molecule has 0 aliphatic carbocycles. The van der Waals surface area contributed by atoms with E-state index in [1.165, 1.54) is 270 Å². The quantitative estimate of drug-likeness (QED) is 0.0421. The summed E-state index contributed by atoms with van der Waals surface area (Å²) in [5.41, 5.74) is 0. The van der Waals surface area contributed by atoms with Gasteiger partial charge in [-0.1, -0.05) is 314 Å². The SMILES string of the molecule is CCCCCCCCCCCCCCCCCCCCCCCCC/C=C/CC/C=C/CC/C=C/C(O)C(CO)NC(=O)CCCCCCCCCCCCCCCCCCCCCC. The maximum Gasteiger partial charge on any atom is 0.220 e. The molecular formula is C61H117NO3. The summed E-state index contributed by atoms with van der Waals surface area (Å²) in [5.74, 6) is -0.0722. The zero-order chi connectivity index (χ0) is 47.0. The number of carbonyl (C=O) groups is 1. The molecule has 0 rings (SSSR count). The molecule has 0 spiro atoms. The highest BCUT2D eigenvalue weighted by Gasteiger charge is 2.18. The van der Waals surface area contributed by atoms with E-state index in [4.69, 9.17) is 0 Å². The molecule has 4 heteroatoms. The van der Waals surface area contributed by atoms with Crippen LogP contribution in [-0.2, 0) is 4.79 Å². The summed E-state index contributed by atoms with van der Waals surface area (Å²) < 4.78 is 0. The van der Waals surface area contributed by atoms with Crippen molar-refractivity contribution in [3.8, 4) is 0 Å². The fourth-order valence-corrected chi connectivity index (χ4v) is 9.33. The lowest BCUT2D eigenvalue weighted by Gasteiger charge is -2.19. The average molecular weight is 913 g/mol. The van der Waals surface area contributed by atoms with Gasteiger partial charge in [-0.2, -0.15) is 0 Å². The third-order valence-corrected chi connectivity index (χ3v) is 13.9. The van der Waals surface area contributed by atoms with Crippen LogP contribution in [0.15, 0.2) is 36.5 Å². The number of aliphatic hydroxyl groups is 2. The first-order valence-corrected chi connectivity index (χ1v) is 29.7. The van der Waals surface area contributed by atoms with E-state index in [9.17, 15) is 15.0 Å². The predicted molar refractivity (Wildman–Crippen MR) is 290 cm³/mol. The lowest BCUT2D eigenvalue weighted by atomic mass is 10.0. The minimum absolute atomic E-state index is 0.0722. The molecule has 2 atom stereocenters. The Balaban J connectivity index is 3.50. The van der Waals surface area contributed by atoms with E-state index in [-0.39, 0.29) is 12.5 Å². The number of hydrogen-bond acceptors (Lipinski definition) is 3. The summed E-state index contributed by atoms with van der Waals surface area (Å²) in [6, 6.07) is -0.644. The molecular weight excluding hydrogens is 795 g/mol. The minimum atomic E-state index is -0.869. The van der Waals surface area contributed by atoms with Gasteiger partial charge in [0.25, 0.3) is 0 Å². The Hall–Kier alpha value is -1.39. The Morgan fingerprint density at radius 3 is 0.892 bits per heavy atom. The van der Waals surface area contributed by atoms with Gasteiger partial charge < -0.3 is 15.5 Å². The summed E-state index contributed by atoms with van der Waals surface area (Å²) in [6.45, 7) is 4.33. The first kappa shape index (κ1) is 63.6. The molecule has 1 amide bonds. The number of carbonyl (C=O) groups excluding carboxylic acids is 1. The van der Waals surface area contributed by atoms with Gasteiger partial charge in [0.15, 0.2) is 0 Å². The van der Waals surface area contributed by atoms with Gasteiger partial charge in [0, 0.05) is 6.42 Å². The van der Waals surface area contributed by atoms with E-state index in [2.05, 4.69) is 43.5 Å². The van der Waals surface area contributed by atoms with Crippen LogP contribution in [-0.4, -0.2) is 34.9 Å². The molecule has 0 aliphatic heterocycles. The summed E-state index contributed by atoms with van der Waals surface area (Å²) >= 11 is 0. The Bertz CT molecular complexity index is 989. The standard InChI is InChI=1S/C61H117NO3/c1-3-5-7-9-11-13-15-17-19-21-23-25-26-27-28-29-30-31-32-33-34-35-36-37-38-40-42-44-46-48-50-52-54-56-60(64)59(58-63)62-61(65)57-55-53-51-49-47-45-43-41-39-24-22-20-18-16-14-12-10-8-6-4-2/h38,40,46,48,54,56,59-60,63-64H,3-37,39,41-45,47,49-53,55,57-58H2,1-2H3,(H,62,65)/b40-38+,48-46+,56-54+. The van der Waals surface area contributed by atoms with Gasteiger partial charge in [-0.05, 0) is 44.9 Å². The van der Waals surface area contributed by atoms with Gasteiger partial charge in [0.2, 0.25) is 5.91 Å². The zero-order valence-electron chi connectivity index (χ0n) is 44.3. The van der Waals surface area contributed by atoms with Gasteiger partial charge in [0.05, 0.1) is 18.8 Å². The van der Waals surface area contributed by atoms with Crippen LogP contribution < -0.4 is 5.32 Å². The molecule has 384 valence electrons. The van der Waals surface area contributed by atoms with Crippen LogP contribution in [0, 0.1) is 0 Å². The van der Waals surface area contributed by atoms with Crippen LogP contribution in [0.25, 0.3) is 0 Å². The zero-order valence-corrected chi connectivity index (χ0v) is 44.3. The molecule has 0 radical (unpaired) electrons. The number of hydrogen-bond donors (Lipinski definition) is 3. The summed E-state index contributed by atoms with van der Waals surface area (Å²) in [5, 5.41) is 23.2. The van der Waals surface area contributed by atoms with E-state index in [0.717, 1.165) is 38.5 Å². The number of nitrogens with one attached hydrogen (secondary N) is 1. The van der Waals surface area contributed by atoms with Crippen LogP contribution in [0.3, 0.4) is 0 Å². The van der Waals surface area contributed by atoms with Gasteiger partial charge in [-0.15, -0.1) is 0 Å². The van der Waals surface area contributed by atoms with Gasteiger partial charge >= 0.3 is 0 Å². The van der Waals surface area contributed by atoms with Crippen LogP contribution >= 0.6 is 0 Å². The summed E-state index contributed by atoms with van der Waals surface area (Å²) in [4.78, 5) is 12.5. The highest BCUT2D eigenvalue weighted by Crippen LogP contribution is 2.18. The highest BCUT2D eigenvalue weighted by molar-refractivity contribution is 5.76. The normalized spacial score (nSPS) is 13.0. The Labute approximate surface area is 408 Å². The van der Waals surface area contributed by atoms with Gasteiger partial charge in [0.1, 0.15) is 0 Å². The summed E-state index contributed by atoms with van der Waals surface area (Å²) in [6.07, 6.45) is 77.6. The van der Waals surface area contributed by atoms with Crippen molar-refractivity contribution in [2.24, 2.45) is 0 Å². The topological polar surface area (TPSA) is 69.6 Å². The monoisotopic (exact) mass is 912 g/mol. The van der Waals surface area contributed by atoms with Crippen molar-refractivity contribution in [2.75, 3.05) is 6.61 Å². The molecule has 0 aromatic heterocycles. The van der Waals surface area contributed by atoms with Crippen molar-refractivity contribution >= 4 is 5.91 Å². The lowest BCUT2D eigenvalue weighted by molar-refractivity contribution is -0.123. The lowest BCUT2D eigenvalue weighted by Crippen LogP contribution is -2.45. The Morgan fingerprint density at radius 2 is 0.600 bits per heavy atom. The second-order valence-corrected chi connectivity index (χ2v) is 20.4. The van der Waals surface area contributed by atoms with E-state index in [1.807, 2.05) is 6.08 Å². The molecule has 65 heavy (non-hydrogen) atoms. The second-order valence-electron chi connectivity index (χ2n) is 20.4. The van der Waals surface area contributed by atoms with Crippen molar-refractivity contribution < 1.29 is 15.0 Å². The molecule has 0 heterocycles. The van der Waals surface area contributed by atoms with Crippen LogP contribution in [0.2, 0.25) is 0 Å². The van der Waals surface area contributed by atoms with Crippen molar-refractivity contribution in [1.29, 1.82) is 0 Å². The van der Waals surface area contributed by atoms with Gasteiger partial charge in [-0.3, -0.25) is 4.79 Å². The third-order valence-electron chi connectivity index (χ3n) is 13.9. The molecule has 0 saturated carbocycles. The highest BCUT2D eigenvalue weighted by atomic mass is 16.3. The maximum absolute atomic E-state index is 12.5. The number of aliphatic hydroxyl groups excluding tert-OH is 2.